The maximum Gasteiger partial charge on any atom is 0.264 e. The van der Waals surface area contributed by atoms with Crippen LogP contribution >= 0.6 is 22.9 Å². The van der Waals surface area contributed by atoms with Gasteiger partial charge in [0.15, 0.2) is 0 Å². The topological polar surface area (TPSA) is 53.0 Å². The van der Waals surface area contributed by atoms with Gasteiger partial charge < -0.3 is 19.6 Å². The van der Waals surface area contributed by atoms with Crippen molar-refractivity contribution in [2.75, 3.05) is 45.9 Å². The van der Waals surface area contributed by atoms with Crippen LogP contribution in [0, 0.1) is 0 Å². The Morgan fingerprint density at radius 2 is 2.14 bits per heavy atom. The lowest BCUT2D eigenvalue weighted by molar-refractivity contribution is -0.0524. The van der Waals surface area contributed by atoms with Gasteiger partial charge in [0.1, 0.15) is 5.60 Å². The zero-order valence-electron chi connectivity index (χ0n) is 12.5. The van der Waals surface area contributed by atoms with Crippen LogP contribution in [-0.2, 0) is 4.74 Å². The Bertz CT molecular complexity index is 533. The normalized spacial score (nSPS) is 27.1. The van der Waals surface area contributed by atoms with Crippen LogP contribution in [0.3, 0.4) is 0 Å². The molecule has 1 atom stereocenters. The number of thiophene rings is 1. The molecule has 7 heteroatoms. The van der Waals surface area contributed by atoms with Crippen LogP contribution in [0.2, 0.25) is 4.34 Å². The van der Waals surface area contributed by atoms with Crippen LogP contribution in [0.4, 0.5) is 0 Å². The lowest BCUT2D eigenvalue weighted by Crippen LogP contribution is -2.52. The van der Waals surface area contributed by atoms with Crippen molar-refractivity contribution in [2.24, 2.45) is 0 Å². The average Bonchev–Trinajstić information content (AvgIpc) is 3.09. The summed E-state index contributed by atoms with van der Waals surface area (Å²) in [7, 11) is 0. The van der Waals surface area contributed by atoms with Gasteiger partial charge in [0, 0.05) is 13.1 Å². The van der Waals surface area contributed by atoms with Crippen molar-refractivity contribution < 1.29 is 14.6 Å². The molecule has 1 amide bonds. The number of hydrogen-bond donors (Lipinski definition) is 1. The van der Waals surface area contributed by atoms with Crippen molar-refractivity contribution in [1.29, 1.82) is 0 Å². The number of rotatable bonds is 3. The number of carbonyl (C=O) groups is 1. The minimum Gasteiger partial charge on any atom is -0.384 e. The van der Waals surface area contributed by atoms with E-state index in [0.717, 1.165) is 13.1 Å². The SMILES string of the molecule is O=C(c1ccc(Cl)s1)N1CCOC[C@](O)(CN2CCCC2)C1. The summed E-state index contributed by atoms with van der Waals surface area (Å²) in [5.74, 6) is -0.0813. The summed E-state index contributed by atoms with van der Waals surface area (Å²) >= 11 is 7.18. The van der Waals surface area contributed by atoms with E-state index in [2.05, 4.69) is 4.90 Å². The van der Waals surface area contributed by atoms with Gasteiger partial charge in [-0.15, -0.1) is 11.3 Å². The molecule has 1 N–H and O–H groups in total. The molecular weight excluding hydrogens is 324 g/mol. The number of β-amino-alcohol motifs (C(OH)–C–C–N with tert-alkyl or cyclic N) is 1. The number of ether oxygens (including phenoxy) is 1. The molecule has 1 aromatic heterocycles. The van der Waals surface area contributed by atoms with Crippen molar-refractivity contribution in [3.63, 3.8) is 0 Å². The Morgan fingerprint density at radius 3 is 2.82 bits per heavy atom. The number of aliphatic hydroxyl groups is 1. The number of amides is 1. The molecule has 2 aliphatic heterocycles. The number of carbonyl (C=O) groups excluding carboxylic acids is 1. The van der Waals surface area contributed by atoms with Crippen LogP contribution in [0.1, 0.15) is 22.5 Å². The van der Waals surface area contributed by atoms with Gasteiger partial charge in [-0.2, -0.15) is 0 Å². The van der Waals surface area contributed by atoms with E-state index in [-0.39, 0.29) is 12.5 Å². The molecule has 0 unspecified atom stereocenters. The molecular formula is C15H21ClN2O3S. The van der Waals surface area contributed by atoms with Crippen molar-refractivity contribution in [2.45, 2.75) is 18.4 Å². The third-order valence-corrected chi connectivity index (χ3v) is 5.37. The average molecular weight is 345 g/mol. The van der Waals surface area contributed by atoms with Crippen LogP contribution < -0.4 is 0 Å². The molecule has 2 saturated heterocycles. The van der Waals surface area contributed by atoms with Crippen molar-refractivity contribution in [3.05, 3.63) is 21.3 Å². The van der Waals surface area contributed by atoms with E-state index >= 15 is 0 Å². The van der Waals surface area contributed by atoms with Gasteiger partial charge in [0.05, 0.1) is 29.0 Å². The predicted molar refractivity (Wildman–Crippen MR) is 86.7 cm³/mol. The van der Waals surface area contributed by atoms with E-state index in [1.165, 1.54) is 24.2 Å². The lowest BCUT2D eigenvalue weighted by atomic mass is 10.0. The van der Waals surface area contributed by atoms with E-state index in [1.807, 2.05) is 0 Å². The molecule has 3 heterocycles. The highest BCUT2D eigenvalue weighted by molar-refractivity contribution is 7.17. The van der Waals surface area contributed by atoms with Gasteiger partial charge in [-0.25, -0.2) is 0 Å². The first kappa shape index (κ1) is 16.2. The van der Waals surface area contributed by atoms with Gasteiger partial charge in [0.2, 0.25) is 0 Å². The number of likely N-dealkylation sites (tertiary alicyclic amines) is 1. The molecule has 2 aliphatic rings. The first-order valence-electron chi connectivity index (χ1n) is 7.63. The molecule has 5 nitrogen and oxygen atoms in total. The highest BCUT2D eigenvalue weighted by Gasteiger charge is 2.37. The Balaban J connectivity index is 1.70. The van der Waals surface area contributed by atoms with Crippen LogP contribution in [0.25, 0.3) is 0 Å². The largest absolute Gasteiger partial charge is 0.384 e. The van der Waals surface area contributed by atoms with E-state index < -0.39 is 5.60 Å². The summed E-state index contributed by atoms with van der Waals surface area (Å²) in [6.07, 6.45) is 2.35. The second kappa shape index (κ2) is 6.84. The molecule has 0 spiro atoms. The Labute approximate surface area is 139 Å². The lowest BCUT2D eigenvalue weighted by Gasteiger charge is -2.33. The van der Waals surface area contributed by atoms with E-state index in [4.69, 9.17) is 16.3 Å². The van der Waals surface area contributed by atoms with Crippen molar-refractivity contribution >= 4 is 28.8 Å². The molecule has 22 heavy (non-hydrogen) atoms. The molecule has 0 aromatic carbocycles. The quantitative estimate of drug-likeness (QED) is 0.906. The summed E-state index contributed by atoms with van der Waals surface area (Å²) in [6.45, 7) is 4.11. The van der Waals surface area contributed by atoms with E-state index in [0.29, 0.717) is 35.5 Å². The first-order chi connectivity index (χ1) is 10.6. The zero-order chi connectivity index (χ0) is 15.6. The third kappa shape index (κ3) is 3.81. The third-order valence-electron chi connectivity index (χ3n) is 4.15. The van der Waals surface area contributed by atoms with Gasteiger partial charge in [-0.3, -0.25) is 4.79 Å². The zero-order valence-corrected chi connectivity index (χ0v) is 14.0. The van der Waals surface area contributed by atoms with Crippen molar-refractivity contribution in [1.82, 2.24) is 9.80 Å². The molecule has 2 fully saturated rings. The number of nitrogens with zero attached hydrogens (tertiary/aromatic N) is 2. The summed E-state index contributed by atoms with van der Waals surface area (Å²) in [5, 5.41) is 10.9. The monoisotopic (exact) mass is 344 g/mol. The summed E-state index contributed by atoms with van der Waals surface area (Å²) < 4.78 is 6.15. The fourth-order valence-corrected chi connectivity index (χ4v) is 4.14. The minimum atomic E-state index is -1.00. The standard InChI is InChI=1S/C15H21ClN2O3S/c16-13-4-3-12(22-13)14(19)18-7-8-21-11-15(20,10-18)9-17-5-1-2-6-17/h3-4,20H,1-2,5-11H2/t15-/m0/s1. The van der Waals surface area contributed by atoms with E-state index in [1.54, 1.807) is 17.0 Å². The molecule has 0 saturated carbocycles. The van der Waals surface area contributed by atoms with Gasteiger partial charge in [-0.05, 0) is 38.1 Å². The highest BCUT2D eigenvalue weighted by atomic mass is 35.5. The number of hydrogen-bond acceptors (Lipinski definition) is 5. The summed E-state index contributed by atoms with van der Waals surface area (Å²) in [4.78, 5) is 17.1. The van der Waals surface area contributed by atoms with Crippen molar-refractivity contribution in [3.8, 4) is 0 Å². The smallest absolute Gasteiger partial charge is 0.264 e. The second-order valence-electron chi connectivity index (χ2n) is 6.09. The maximum atomic E-state index is 12.6. The molecule has 3 rings (SSSR count). The number of halogens is 1. The molecule has 0 aliphatic carbocycles. The molecule has 0 radical (unpaired) electrons. The second-order valence-corrected chi connectivity index (χ2v) is 7.81. The summed E-state index contributed by atoms with van der Waals surface area (Å²) in [5.41, 5.74) is -1.00. The maximum absolute atomic E-state index is 12.6. The molecule has 0 bridgehead atoms. The van der Waals surface area contributed by atoms with Crippen LogP contribution in [0.15, 0.2) is 12.1 Å². The predicted octanol–water partition coefficient (Wildman–Crippen LogP) is 1.70. The van der Waals surface area contributed by atoms with E-state index in [9.17, 15) is 9.90 Å². The van der Waals surface area contributed by atoms with Crippen LogP contribution in [-0.4, -0.2) is 72.4 Å². The summed E-state index contributed by atoms with van der Waals surface area (Å²) in [6, 6.07) is 3.46. The highest BCUT2D eigenvalue weighted by Crippen LogP contribution is 2.24. The molecule has 122 valence electrons. The Hall–Kier alpha value is -0.660. The Kier molecular flexibility index (Phi) is 5.04. The first-order valence-corrected chi connectivity index (χ1v) is 8.82. The fraction of sp³-hybridized carbons (Fsp3) is 0.667. The van der Waals surface area contributed by atoms with Crippen LogP contribution in [0.5, 0.6) is 0 Å². The van der Waals surface area contributed by atoms with Gasteiger partial charge in [-0.1, -0.05) is 11.6 Å². The Morgan fingerprint density at radius 1 is 1.36 bits per heavy atom. The minimum absolute atomic E-state index is 0.0813. The fourth-order valence-electron chi connectivity index (χ4n) is 3.13. The van der Waals surface area contributed by atoms with Gasteiger partial charge >= 0.3 is 0 Å². The van der Waals surface area contributed by atoms with Gasteiger partial charge in [0.25, 0.3) is 5.91 Å². The molecule has 1 aromatic rings.